The van der Waals surface area contributed by atoms with Gasteiger partial charge in [-0.15, -0.1) is 0 Å². The predicted molar refractivity (Wildman–Crippen MR) is 42.5 cm³/mol. The maximum absolute atomic E-state index is 9.25. The lowest BCUT2D eigenvalue weighted by atomic mass is 10.3. The van der Waals surface area contributed by atoms with Crippen molar-refractivity contribution in [3.05, 3.63) is 29.4 Å². The van der Waals surface area contributed by atoms with E-state index in [2.05, 4.69) is 4.99 Å². The summed E-state index contributed by atoms with van der Waals surface area (Å²) in [5.74, 6) is 0. The fraction of sp³-hybridized carbons (Fsp3) is 0.375. The van der Waals surface area contributed by atoms with E-state index < -0.39 is 0 Å². The van der Waals surface area contributed by atoms with Crippen LogP contribution in [-0.2, 0) is 0 Å². The van der Waals surface area contributed by atoms with Gasteiger partial charge in [0.15, 0.2) is 5.49 Å². The predicted octanol–water partition coefficient (Wildman–Crippen LogP) is 0.954. The van der Waals surface area contributed by atoms with Gasteiger partial charge in [-0.2, -0.15) is 4.73 Å². The molecule has 0 radical (unpaired) electrons. The molecular formula is C8H12N2O. The summed E-state index contributed by atoms with van der Waals surface area (Å²) in [5.41, 5.74) is 1.61. The Bertz CT molecular complexity index is 301. The van der Waals surface area contributed by atoms with Crippen molar-refractivity contribution in [2.75, 3.05) is 6.54 Å². The summed E-state index contributed by atoms with van der Waals surface area (Å²) < 4.78 is 1.04. The van der Waals surface area contributed by atoms with Crippen LogP contribution < -0.4 is 5.49 Å². The first kappa shape index (κ1) is 7.85. The summed E-state index contributed by atoms with van der Waals surface area (Å²) in [7, 11) is 0. The van der Waals surface area contributed by atoms with Crippen LogP contribution in [0.2, 0.25) is 0 Å². The molecule has 0 aliphatic carbocycles. The molecule has 1 aromatic rings. The zero-order valence-corrected chi connectivity index (χ0v) is 6.78. The average Bonchev–Trinajstić information content (AvgIpc) is 1.95. The second-order valence-electron chi connectivity index (χ2n) is 2.38. The lowest BCUT2D eigenvalue weighted by Crippen LogP contribution is -2.18. The summed E-state index contributed by atoms with van der Waals surface area (Å²) in [6.07, 6.45) is 1.63. The van der Waals surface area contributed by atoms with Crippen LogP contribution in [0.1, 0.15) is 12.5 Å². The van der Waals surface area contributed by atoms with Crippen molar-refractivity contribution >= 4 is 0 Å². The molecule has 0 bridgehead atoms. The molecule has 1 aromatic heterocycles. The minimum Gasteiger partial charge on any atom is -0.427 e. The fourth-order valence-corrected chi connectivity index (χ4v) is 0.872. The van der Waals surface area contributed by atoms with Crippen LogP contribution in [0.5, 0.6) is 0 Å². The van der Waals surface area contributed by atoms with Gasteiger partial charge in [-0.25, -0.2) is 0 Å². The molecule has 1 N–H and O–H groups in total. The number of aryl methyl sites for hydroxylation is 1. The molecule has 1 rings (SSSR count). The highest BCUT2D eigenvalue weighted by atomic mass is 16.5. The Kier molecular flexibility index (Phi) is 2.31. The first-order valence-electron chi connectivity index (χ1n) is 3.63. The maximum Gasteiger partial charge on any atom is 0.163 e. The topological polar surface area (TPSA) is 37.5 Å². The van der Waals surface area contributed by atoms with E-state index in [1.165, 1.54) is 0 Å². The van der Waals surface area contributed by atoms with E-state index in [0.29, 0.717) is 12.0 Å². The highest BCUT2D eigenvalue weighted by molar-refractivity contribution is 5.05. The third-order valence-corrected chi connectivity index (χ3v) is 1.38. The van der Waals surface area contributed by atoms with Gasteiger partial charge >= 0.3 is 0 Å². The molecule has 0 amide bonds. The molecule has 1 heterocycles. The molecule has 0 aliphatic rings. The van der Waals surface area contributed by atoms with E-state index in [4.69, 9.17) is 0 Å². The van der Waals surface area contributed by atoms with Crippen LogP contribution in [-0.4, -0.2) is 16.5 Å². The highest BCUT2D eigenvalue weighted by Crippen LogP contribution is 1.88. The number of nitrogens with zero attached hydrogens (tertiary/aromatic N) is 2. The van der Waals surface area contributed by atoms with E-state index in [1.54, 1.807) is 12.3 Å². The van der Waals surface area contributed by atoms with Crippen molar-refractivity contribution in [3.63, 3.8) is 0 Å². The van der Waals surface area contributed by atoms with Gasteiger partial charge in [0, 0.05) is 12.7 Å². The third-order valence-electron chi connectivity index (χ3n) is 1.38. The fourth-order valence-electron chi connectivity index (χ4n) is 0.872. The van der Waals surface area contributed by atoms with Crippen molar-refractivity contribution in [2.45, 2.75) is 13.8 Å². The van der Waals surface area contributed by atoms with Crippen molar-refractivity contribution in [2.24, 2.45) is 4.99 Å². The summed E-state index contributed by atoms with van der Waals surface area (Å²) in [6, 6.07) is 3.71. The Morgan fingerprint density at radius 3 is 2.82 bits per heavy atom. The number of rotatable bonds is 1. The van der Waals surface area contributed by atoms with Crippen LogP contribution in [0.3, 0.4) is 0 Å². The van der Waals surface area contributed by atoms with Gasteiger partial charge in [0.1, 0.15) is 0 Å². The Morgan fingerprint density at radius 2 is 2.27 bits per heavy atom. The molecule has 0 saturated carbocycles. The highest BCUT2D eigenvalue weighted by Gasteiger charge is 1.88. The van der Waals surface area contributed by atoms with Crippen molar-refractivity contribution < 1.29 is 5.21 Å². The largest absolute Gasteiger partial charge is 0.427 e. The smallest absolute Gasteiger partial charge is 0.163 e. The summed E-state index contributed by atoms with van der Waals surface area (Å²) >= 11 is 0. The van der Waals surface area contributed by atoms with Crippen LogP contribution in [0.25, 0.3) is 0 Å². The normalized spacial score (nSPS) is 12.0. The van der Waals surface area contributed by atoms with Crippen LogP contribution in [0, 0.1) is 6.92 Å². The molecule has 0 aromatic carbocycles. The first-order chi connectivity index (χ1) is 5.24. The minimum absolute atomic E-state index is 0.595. The molecule has 0 spiro atoms. The Morgan fingerprint density at radius 1 is 1.55 bits per heavy atom. The zero-order chi connectivity index (χ0) is 8.27. The molecule has 3 nitrogen and oxygen atoms in total. The minimum atomic E-state index is 0.595. The van der Waals surface area contributed by atoms with Gasteiger partial charge in [0.25, 0.3) is 0 Å². The Hall–Kier alpha value is -1.25. The second kappa shape index (κ2) is 3.23. The Labute approximate surface area is 65.6 Å². The van der Waals surface area contributed by atoms with Gasteiger partial charge in [-0.1, -0.05) is 6.07 Å². The molecule has 11 heavy (non-hydrogen) atoms. The quantitative estimate of drug-likeness (QED) is 0.598. The van der Waals surface area contributed by atoms with Crippen LogP contribution >= 0.6 is 0 Å². The molecule has 0 aliphatic heterocycles. The maximum atomic E-state index is 9.25. The number of aromatic nitrogens is 1. The zero-order valence-electron chi connectivity index (χ0n) is 6.78. The van der Waals surface area contributed by atoms with Gasteiger partial charge in [-0.05, 0) is 25.5 Å². The van der Waals surface area contributed by atoms with E-state index in [1.807, 2.05) is 19.9 Å². The van der Waals surface area contributed by atoms with Crippen molar-refractivity contribution in [3.8, 4) is 0 Å². The molecule has 60 valence electrons. The van der Waals surface area contributed by atoms with Gasteiger partial charge in [-0.3, -0.25) is 4.99 Å². The van der Waals surface area contributed by atoms with E-state index in [9.17, 15) is 5.21 Å². The van der Waals surface area contributed by atoms with E-state index >= 15 is 0 Å². The van der Waals surface area contributed by atoms with Crippen LogP contribution in [0.4, 0.5) is 0 Å². The average molecular weight is 152 g/mol. The molecule has 3 heteroatoms. The monoisotopic (exact) mass is 152 g/mol. The van der Waals surface area contributed by atoms with Gasteiger partial charge in [0.05, 0.1) is 0 Å². The van der Waals surface area contributed by atoms with Gasteiger partial charge in [0.2, 0.25) is 0 Å². The molecule has 0 saturated heterocycles. The first-order valence-corrected chi connectivity index (χ1v) is 3.63. The van der Waals surface area contributed by atoms with E-state index in [-0.39, 0.29) is 0 Å². The van der Waals surface area contributed by atoms with E-state index in [0.717, 1.165) is 10.3 Å². The summed E-state index contributed by atoms with van der Waals surface area (Å²) in [6.45, 7) is 4.53. The van der Waals surface area contributed by atoms with Gasteiger partial charge < -0.3 is 5.21 Å². The Balaban J connectivity index is 3.20. The van der Waals surface area contributed by atoms with Crippen LogP contribution in [0.15, 0.2) is 23.3 Å². The van der Waals surface area contributed by atoms with Crippen molar-refractivity contribution in [1.82, 2.24) is 4.73 Å². The second-order valence-corrected chi connectivity index (χ2v) is 2.38. The number of hydrogen-bond acceptors (Lipinski definition) is 2. The molecule has 0 unspecified atom stereocenters. The summed E-state index contributed by atoms with van der Waals surface area (Å²) in [4.78, 5) is 4.06. The lowest BCUT2D eigenvalue weighted by Gasteiger charge is -1.98. The SMILES string of the molecule is CCN=c1ccc(C)cn1O. The molecule has 0 atom stereocenters. The van der Waals surface area contributed by atoms with Crippen molar-refractivity contribution in [1.29, 1.82) is 0 Å². The number of hydrogen-bond donors (Lipinski definition) is 1. The lowest BCUT2D eigenvalue weighted by molar-refractivity contribution is 0.171. The number of pyridine rings is 1. The molecular weight excluding hydrogens is 140 g/mol. The molecule has 0 fully saturated rings. The standard InChI is InChI=1S/C8H12N2O/c1-3-9-8-5-4-7(2)6-10(8)11/h4-6,11H,3H2,1-2H3. The summed E-state index contributed by atoms with van der Waals surface area (Å²) in [5, 5.41) is 9.25. The third kappa shape index (κ3) is 1.83.